The van der Waals surface area contributed by atoms with E-state index in [1.54, 1.807) is 0 Å². The molecule has 1 unspecified atom stereocenters. The average molecular weight is 807 g/mol. The zero-order chi connectivity index (χ0) is 41.4. The number of aliphatic imine (C=N–C) groups is 1. The number of fused-ring (bicyclic) bond motifs is 9. The van der Waals surface area contributed by atoms with Gasteiger partial charge < -0.3 is 14.3 Å². The van der Waals surface area contributed by atoms with Gasteiger partial charge in [0.1, 0.15) is 23.2 Å². The van der Waals surface area contributed by atoms with Gasteiger partial charge in [-0.3, -0.25) is 4.57 Å². The Balaban J connectivity index is 0.951. The van der Waals surface area contributed by atoms with E-state index >= 15 is 0 Å². The van der Waals surface area contributed by atoms with Gasteiger partial charge in [0.2, 0.25) is 0 Å². The summed E-state index contributed by atoms with van der Waals surface area (Å²) in [5, 5.41) is 10.8. The zero-order valence-electron chi connectivity index (χ0n) is 34.1. The van der Waals surface area contributed by atoms with Gasteiger partial charge in [0, 0.05) is 49.8 Å². The van der Waals surface area contributed by atoms with Crippen molar-refractivity contribution >= 4 is 77.1 Å². The van der Waals surface area contributed by atoms with E-state index in [4.69, 9.17) is 9.41 Å². The lowest BCUT2D eigenvalue weighted by atomic mass is 9.96. The van der Waals surface area contributed by atoms with E-state index < -0.39 is 0 Å². The summed E-state index contributed by atoms with van der Waals surface area (Å²) in [5.41, 5.74) is 15.4. The number of para-hydroxylation sites is 3. The van der Waals surface area contributed by atoms with Crippen molar-refractivity contribution in [2.24, 2.45) is 4.99 Å². The lowest BCUT2D eigenvalue weighted by molar-refractivity contribution is 0.660. The molecule has 3 aromatic heterocycles. The molecule has 1 atom stereocenters. The first-order valence-corrected chi connectivity index (χ1v) is 21.5. The second-order valence-corrected chi connectivity index (χ2v) is 16.4. The maximum Gasteiger partial charge on any atom is 0.147 e. The topological polar surface area (TPSA) is 47.4 Å². The number of nitrogens with one attached hydrogen (secondary N) is 1. The highest BCUT2D eigenvalue weighted by Crippen LogP contribution is 2.42. The highest BCUT2D eigenvalue weighted by atomic mass is 16.3. The maximum absolute atomic E-state index is 6.57. The van der Waals surface area contributed by atoms with Gasteiger partial charge in [0.15, 0.2) is 0 Å². The molecule has 1 N–H and O–H groups in total. The molecule has 4 heterocycles. The van der Waals surface area contributed by atoms with Gasteiger partial charge in [-0.05, 0) is 100 Å². The molecule has 0 saturated heterocycles. The van der Waals surface area contributed by atoms with Crippen molar-refractivity contribution in [3.05, 3.63) is 230 Å². The van der Waals surface area contributed by atoms with E-state index in [1.807, 2.05) is 6.07 Å². The molecule has 0 amide bonds. The van der Waals surface area contributed by atoms with Crippen molar-refractivity contribution in [2.45, 2.75) is 6.17 Å². The van der Waals surface area contributed by atoms with Crippen LogP contribution in [-0.2, 0) is 0 Å². The van der Waals surface area contributed by atoms with Crippen molar-refractivity contribution in [1.82, 2.24) is 14.5 Å². The predicted molar refractivity (Wildman–Crippen MR) is 262 cm³/mol. The van der Waals surface area contributed by atoms with Crippen LogP contribution in [0, 0.1) is 0 Å². The molecule has 63 heavy (non-hydrogen) atoms. The second-order valence-electron chi connectivity index (χ2n) is 16.4. The first-order chi connectivity index (χ1) is 31.2. The van der Waals surface area contributed by atoms with Gasteiger partial charge >= 0.3 is 0 Å². The number of aromatic nitrogens is 2. The molecule has 0 radical (unpaired) electrons. The molecule has 13 rings (SSSR count). The average Bonchev–Trinajstić information content (AvgIpc) is 4.02. The number of nitrogens with zero attached hydrogens (tertiary/aromatic N) is 3. The van der Waals surface area contributed by atoms with E-state index in [0.717, 1.165) is 83.6 Å². The molecule has 1 aliphatic rings. The molecular formula is C58H38N4O. The molecule has 9 aromatic carbocycles. The third kappa shape index (κ3) is 5.67. The normalized spacial score (nSPS) is 14.2. The number of hydrogen-bond donors (Lipinski definition) is 1. The molecule has 5 nitrogen and oxygen atoms in total. The standard InChI is InChI=1S/C58H38N4O/c1-4-15-37(16-5-1)49-36-56(60-58(59-49)38-17-6-2-7-18-38)62-51-25-13-11-22-45(51)46-33-39(27-30-53(46)62)40-29-32-54-48(34-40)57-43(23-14-26-55(57)63-54)41-28-31-52-47(35-41)44-21-10-12-24-50(44)61(52)42-19-8-3-9-20-42/h1-36,58-59H. The summed E-state index contributed by atoms with van der Waals surface area (Å²) in [6, 6.07) is 75.7. The summed E-state index contributed by atoms with van der Waals surface area (Å²) in [5.74, 6) is 0.891. The van der Waals surface area contributed by atoms with Gasteiger partial charge in [-0.2, -0.15) is 0 Å². The number of benzene rings is 9. The van der Waals surface area contributed by atoms with E-state index in [-0.39, 0.29) is 6.17 Å². The maximum atomic E-state index is 6.57. The molecule has 0 saturated carbocycles. The first kappa shape index (κ1) is 35.4. The molecule has 0 bridgehead atoms. The SMILES string of the molecule is C1=C(c2ccccc2)NC(c2ccccc2)N=C1n1c2ccccc2c2cc(-c3ccc4oc5cccc(-c6ccc7c(c6)c6ccccc6n7-c6ccccc6)c5c4c3)ccc21. The van der Waals surface area contributed by atoms with Gasteiger partial charge in [0.25, 0.3) is 0 Å². The third-order valence-corrected chi connectivity index (χ3v) is 12.8. The molecule has 5 heteroatoms. The van der Waals surface area contributed by atoms with E-state index in [0.29, 0.717) is 0 Å². The number of hydrogen-bond acceptors (Lipinski definition) is 3. The van der Waals surface area contributed by atoms with Crippen molar-refractivity contribution in [3.63, 3.8) is 0 Å². The lowest BCUT2D eigenvalue weighted by Gasteiger charge is -2.25. The van der Waals surface area contributed by atoms with Crippen LogP contribution in [0.1, 0.15) is 17.3 Å². The number of furan rings is 1. The van der Waals surface area contributed by atoms with Crippen LogP contribution in [0.5, 0.6) is 0 Å². The Bertz CT molecular complexity index is 3820. The van der Waals surface area contributed by atoms with E-state index in [9.17, 15) is 0 Å². The van der Waals surface area contributed by atoms with Crippen molar-refractivity contribution in [1.29, 1.82) is 0 Å². The Morgan fingerprint density at radius 2 is 0.984 bits per heavy atom. The first-order valence-electron chi connectivity index (χ1n) is 21.5. The van der Waals surface area contributed by atoms with E-state index in [2.05, 4.69) is 227 Å². The summed E-state index contributed by atoms with van der Waals surface area (Å²) in [6.45, 7) is 0. The molecule has 12 aromatic rings. The van der Waals surface area contributed by atoms with Gasteiger partial charge in [-0.25, -0.2) is 4.99 Å². The lowest BCUT2D eigenvalue weighted by Crippen LogP contribution is -2.27. The minimum absolute atomic E-state index is 0.241. The fourth-order valence-corrected chi connectivity index (χ4v) is 9.86. The van der Waals surface area contributed by atoms with Crippen LogP contribution < -0.4 is 5.32 Å². The van der Waals surface area contributed by atoms with Gasteiger partial charge in [-0.1, -0.05) is 146 Å². The molecular weight excluding hydrogens is 769 g/mol. The number of rotatable bonds is 5. The Morgan fingerprint density at radius 3 is 1.73 bits per heavy atom. The predicted octanol–water partition coefficient (Wildman–Crippen LogP) is 14.7. The van der Waals surface area contributed by atoms with Crippen LogP contribution in [-0.4, -0.2) is 15.0 Å². The summed E-state index contributed by atoms with van der Waals surface area (Å²) < 4.78 is 11.3. The smallest absolute Gasteiger partial charge is 0.147 e. The van der Waals surface area contributed by atoms with Gasteiger partial charge in [-0.15, -0.1) is 0 Å². The van der Waals surface area contributed by atoms with Gasteiger partial charge in [0.05, 0.1) is 22.1 Å². The summed E-state index contributed by atoms with van der Waals surface area (Å²) in [7, 11) is 0. The highest BCUT2D eigenvalue weighted by Gasteiger charge is 2.23. The minimum atomic E-state index is -0.241. The third-order valence-electron chi connectivity index (χ3n) is 12.8. The van der Waals surface area contributed by atoms with Crippen molar-refractivity contribution in [3.8, 4) is 27.9 Å². The van der Waals surface area contributed by atoms with Crippen LogP contribution in [0.2, 0.25) is 0 Å². The largest absolute Gasteiger partial charge is 0.456 e. The van der Waals surface area contributed by atoms with Crippen LogP contribution in [0.15, 0.2) is 228 Å². The highest BCUT2D eigenvalue weighted by molar-refractivity contribution is 6.19. The Labute approximate surface area is 363 Å². The van der Waals surface area contributed by atoms with Crippen LogP contribution >= 0.6 is 0 Å². The fraction of sp³-hybridized carbons (Fsp3) is 0.0172. The van der Waals surface area contributed by atoms with Crippen molar-refractivity contribution < 1.29 is 4.42 Å². The fourth-order valence-electron chi connectivity index (χ4n) is 9.86. The Kier molecular flexibility index (Phi) is 7.90. The minimum Gasteiger partial charge on any atom is -0.456 e. The molecule has 1 aliphatic heterocycles. The number of allylic oxidation sites excluding steroid dienone is 1. The molecule has 0 spiro atoms. The Morgan fingerprint density at radius 1 is 0.413 bits per heavy atom. The molecule has 296 valence electrons. The quantitative estimate of drug-likeness (QED) is 0.188. The van der Waals surface area contributed by atoms with Crippen LogP contribution in [0.4, 0.5) is 0 Å². The van der Waals surface area contributed by atoms with E-state index in [1.165, 1.54) is 32.6 Å². The monoisotopic (exact) mass is 806 g/mol. The summed E-state index contributed by atoms with van der Waals surface area (Å²) in [4.78, 5) is 5.37. The zero-order valence-corrected chi connectivity index (χ0v) is 34.1. The van der Waals surface area contributed by atoms with Crippen LogP contribution in [0.25, 0.3) is 99.2 Å². The van der Waals surface area contributed by atoms with Crippen molar-refractivity contribution in [2.75, 3.05) is 0 Å². The second kappa shape index (κ2) is 14.1. The summed E-state index contributed by atoms with van der Waals surface area (Å²) >= 11 is 0. The molecule has 0 aliphatic carbocycles. The Hall–Kier alpha value is -8.41. The molecule has 0 fully saturated rings. The summed E-state index contributed by atoms with van der Waals surface area (Å²) in [6.07, 6.45) is 1.94. The van der Waals surface area contributed by atoms with Crippen LogP contribution in [0.3, 0.4) is 0 Å².